The van der Waals surface area contributed by atoms with Gasteiger partial charge in [0.05, 0.1) is 5.02 Å². The van der Waals surface area contributed by atoms with Crippen molar-refractivity contribution < 1.29 is 18.3 Å². The first-order chi connectivity index (χ1) is 8.93. The third kappa shape index (κ3) is 5.00. The van der Waals surface area contributed by atoms with Crippen LogP contribution < -0.4 is 15.8 Å². The van der Waals surface area contributed by atoms with Gasteiger partial charge < -0.3 is 15.8 Å². The van der Waals surface area contributed by atoms with Gasteiger partial charge in [-0.1, -0.05) is 18.5 Å². The normalized spacial score (nSPS) is 12.3. The number of hydrogen-bond donors (Lipinski definition) is 2. The summed E-state index contributed by atoms with van der Waals surface area (Å²) in [5.74, 6) is -0.575. The van der Waals surface area contributed by atoms with Crippen LogP contribution in [-0.2, 0) is 4.79 Å². The molecule has 0 saturated carbocycles. The summed E-state index contributed by atoms with van der Waals surface area (Å²) in [6, 6.07) is 4.07. The molecule has 7 heteroatoms. The number of carbonyl (C=O) groups is 1. The Morgan fingerprint density at radius 1 is 1.53 bits per heavy atom. The van der Waals surface area contributed by atoms with Crippen LogP contribution in [0.25, 0.3) is 0 Å². The molecular weight excluding hydrogens is 278 g/mol. The quantitative estimate of drug-likeness (QED) is 0.847. The van der Waals surface area contributed by atoms with Crippen molar-refractivity contribution in [2.45, 2.75) is 20.0 Å². The molecule has 1 atom stereocenters. The van der Waals surface area contributed by atoms with Crippen LogP contribution in [0.4, 0.5) is 14.5 Å². The molecule has 0 aromatic heterocycles. The van der Waals surface area contributed by atoms with Gasteiger partial charge in [-0.25, -0.2) is 0 Å². The molecule has 19 heavy (non-hydrogen) atoms. The van der Waals surface area contributed by atoms with Crippen molar-refractivity contribution in [3.8, 4) is 5.75 Å². The van der Waals surface area contributed by atoms with Crippen molar-refractivity contribution in [1.82, 2.24) is 0 Å². The van der Waals surface area contributed by atoms with Gasteiger partial charge in [0.25, 0.3) is 0 Å². The maximum Gasteiger partial charge on any atom is 0.387 e. The van der Waals surface area contributed by atoms with Crippen LogP contribution in [-0.4, -0.2) is 19.1 Å². The van der Waals surface area contributed by atoms with E-state index >= 15 is 0 Å². The van der Waals surface area contributed by atoms with Gasteiger partial charge >= 0.3 is 6.61 Å². The number of halogens is 3. The molecule has 1 amide bonds. The number of nitrogens with two attached hydrogens (primary N) is 1. The Balaban J connectivity index is 2.70. The molecule has 0 aliphatic heterocycles. The summed E-state index contributed by atoms with van der Waals surface area (Å²) >= 11 is 5.77. The van der Waals surface area contributed by atoms with Crippen LogP contribution in [0.2, 0.25) is 5.02 Å². The second kappa shape index (κ2) is 7.25. The van der Waals surface area contributed by atoms with E-state index in [1.54, 1.807) is 6.92 Å². The first kappa shape index (κ1) is 15.7. The number of nitrogens with one attached hydrogen (secondary N) is 1. The van der Waals surface area contributed by atoms with Crippen molar-refractivity contribution >= 4 is 23.2 Å². The van der Waals surface area contributed by atoms with E-state index in [9.17, 15) is 13.6 Å². The van der Waals surface area contributed by atoms with E-state index in [2.05, 4.69) is 10.1 Å². The van der Waals surface area contributed by atoms with Gasteiger partial charge in [0.1, 0.15) is 5.75 Å². The standard InChI is InChI=1S/C12H15ClF2N2O2/c1-7(4-5-16)11(18)17-8-2-3-10(9(13)6-8)19-12(14)15/h2-3,6-7,12H,4-5,16H2,1H3,(H,17,18). The minimum Gasteiger partial charge on any atom is -0.433 e. The highest BCUT2D eigenvalue weighted by molar-refractivity contribution is 6.32. The molecule has 3 N–H and O–H groups in total. The van der Waals surface area contributed by atoms with Crippen molar-refractivity contribution in [2.75, 3.05) is 11.9 Å². The Morgan fingerprint density at radius 3 is 2.74 bits per heavy atom. The lowest BCUT2D eigenvalue weighted by atomic mass is 10.1. The largest absolute Gasteiger partial charge is 0.433 e. The van der Waals surface area contributed by atoms with Crippen molar-refractivity contribution in [2.24, 2.45) is 11.7 Å². The third-order valence-corrected chi connectivity index (χ3v) is 2.76. The van der Waals surface area contributed by atoms with E-state index in [1.165, 1.54) is 18.2 Å². The number of rotatable bonds is 6. The van der Waals surface area contributed by atoms with Gasteiger partial charge in [-0.3, -0.25) is 4.79 Å². The molecule has 106 valence electrons. The summed E-state index contributed by atoms with van der Waals surface area (Å²) in [6.07, 6.45) is 0.562. The molecule has 0 spiro atoms. The summed E-state index contributed by atoms with van der Waals surface area (Å²) in [6.45, 7) is -0.781. The first-order valence-corrected chi connectivity index (χ1v) is 6.07. The number of benzene rings is 1. The fourth-order valence-corrected chi connectivity index (χ4v) is 1.64. The minimum atomic E-state index is -2.94. The number of hydrogen-bond acceptors (Lipinski definition) is 3. The number of amides is 1. The molecule has 0 radical (unpaired) electrons. The highest BCUT2D eigenvalue weighted by Crippen LogP contribution is 2.29. The van der Waals surface area contributed by atoms with Gasteiger partial charge in [-0.2, -0.15) is 8.78 Å². The maximum atomic E-state index is 12.0. The molecule has 1 rings (SSSR count). The van der Waals surface area contributed by atoms with Crippen LogP contribution >= 0.6 is 11.6 Å². The lowest BCUT2D eigenvalue weighted by Crippen LogP contribution is -2.22. The number of ether oxygens (including phenoxy) is 1. The molecule has 0 aliphatic carbocycles. The average molecular weight is 293 g/mol. The highest BCUT2D eigenvalue weighted by atomic mass is 35.5. The Morgan fingerprint density at radius 2 is 2.21 bits per heavy atom. The Labute approximate surface area is 114 Å². The van der Waals surface area contributed by atoms with E-state index < -0.39 is 6.61 Å². The van der Waals surface area contributed by atoms with Gasteiger partial charge in [-0.05, 0) is 31.2 Å². The van der Waals surface area contributed by atoms with Gasteiger partial charge in [0, 0.05) is 11.6 Å². The number of carbonyl (C=O) groups excluding carboxylic acids is 1. The van der Waals surface area contributed by atoms with E-state index in [0.29, 0.717) is 18.7 Å². The predicted molar refractivity (Wildman–Crippen MR) is 69.5 cm³/mol. The first-order valence-electron chi connectivity index (χ1n) is 5.69. The van der Waals surface area contributed by atoms with E-state index in [1.807, 2.05) is 0 Å². The lowest BCUT2D eigenvalue weighted by molar-refractivity contribution is -0.119. The van der Waals surface area contributed by atoms with Crippen LogP contribution in [0, 0.1) is 5.92 Å². The molecule has 0 saturated heterocycles. The number of anilines is 1. The molecule has 1 aromatic rings. The van der Waals surface area contributed by atoms with E-state index in [4.69, 9.17) is 17.3 Å². The fraction of sp³-hybridized carbons (Fsp3) is 0.417. The van der Waals surface area contributed by atoms with Crippen LogP contribution in [0.15, 0.2) is 18.2 Å². The Hall–Kier alpha value is -1.40. The topological polar surface area (TPSA) is 64.4 Å². The summed E-state index contributed by atoms with van der Waals surface area (Å²) in [5.41, 5.74) is 5.78. The van der Waals surface area contributed by atoms with Crippen LogP contribution in [0.5, 0.6) is 5.75 Å². The maximum absolute atomic E-state index is 12.0. The molecule has 0 bridgehead atoms. The molecule has 4 nitrogen and oxygen atoms in total. The molecule has 0 fully saturated rings. The van der Waals surface area contributed by atoms with Gasteiger partial charge in [-0.15, -0.1) is 0 Å². The van der Waals surface area contributed by atoms with Crippen LogP contribution in [0.3, 0.4) is 0 Å². The average Bonchev–Trinajstić information content (AvgIpc) is 2.32. The summed E-state index contributed by atoms with van der Waals surface area (Å²) in [5, 5.41) is 2.63. The van der Waals surface area contributed by atoms with E-state index in [-0.39, 0.29) is 22.6 Å². The number of alkyl halides is 2. The summed E-state index contributed by atoms with van der Waals surface area (Å²) < 4.78 is 28.3. The second-order valence-electron chi connectivity index (χ2n) is 3.99. The van der Waals surface area contributed by atoms with E-state index in [0.717, 1.165) is 0 Å². The lowest BCUT2D eigenvalue weighted by Gasteiger charge is -2.12. The molecular formula is C12H15ClF2N2O2. The second-order valence-corrected chi connectivity index (χ2v) is 4.40. The van der Waals surface area contributed by atoms with Crippen molar-refractivity contribution in [1.29, 1.82) is 0 Å². The Bertz CT molecular complexity index is 444. The highest BCUT2D eigenvalue weighted by Gasteiger charge is 2.14. The monoisotopic (exact) mass is 292 g/mol. The van der Waals surface area contributed by atoms with Crippen LogP contribution in [0.1, 0.15) is 13.3 Å². The summed E-state index contributed by atoms with van der Waals surface area (Å²) in [4.78, 5) is 11.7. The molecule has 1 aromatic carbocycles. The fourth-order valence-electron chi connectivity index (χ4n) is 1.42. The summed E-state index contributed by atoms with van der Waals surface area (Å²) in [7, 11) is 0. The smallest absolute Gasteiger partial charge is 0.387 e. The molecule has 0 aliphatic rings. The van der Waals surface area contributed by atoms with Gasteiger partial charge in [0.15, 0.2) is 0 Å². The molecule has 1 unspecified atom stereocenters. The zero-order chi connectivity index (χ0) is 14.4. The minimum absolute atomic E-state index is 0.00424. The Kier molecular flexibility index (Phi) is 5.98. The van der Waals surface area contributed by atoms with Crippen molar-refractivity contribution in [3.63, 3.8) is 0 Å². The SMILES string of the molecule is CC(CCN)C(=O)Nc1ccc(OC(F)F)c(Cl)c1. The molecule has 0 heterocycles. The van der Waals surface area contributed by atoms with Crippen molar-refractivity contribution in [3.05, 3.63) is 23.2 Å². The predicted octanol–water partition coefficient (Wildman–Crippen LogP) is 2.86. The van der Waals surface area contributed by atoms with Gasteiger partial charge in [0.2, 0.25) is 5.91 Å². The zero-order valence-electron chi connectivity index (χ0n) is 10.3. The third-order valence-electron chi connectivity index (χ3n) is 2.46. The zero-order valence-corrected chi connectivity index (χ0v) is 11.1.